The Morgan fingerprint density at radius 3 is 2.54 bits per heavy atom. The van der Waals surface area contributed by atoms with Crippen molar-refractivity contribution in [2.75, 3.05) is 12.4 Å². The molecular formula is C16H11BrF3N3O. The van der Waals surface area contributed by atoms with Gasteiger partial charge in [0.2, 0.25) is 5.82 Å². The third-order valence-electron chi connectivity index (χ3n) is 3.24. The van der Waals surface area contributed by atoms with Gasteiger partial charge < -0.3 is 10.1 Å². The number of benzene rings is 2. The summed E-state index contributed by atoms with van der Waals surface area (Å²) >= 11 is 3.32. The predicted molar refractivity (Wildman–Crippen MR) is 88.5 cm³/mol. The molecule has 8 heteroatoms. The van der Waals surface area contributed by atoms with Gasteiger partial charge in [0.1, 0.15) is 11.6 Å². The maximum Gasteiger partial charge on any atom is 0.451 e. The van der Waals surface area contributed by atoms with Crippen molar-refractivity contribution in [3.63, 3.8) is 0 Å². The minimum atomic E-state index is -4.65. The molecule has 0 unspecified atom stereocenters. The SMILES string of the molecule is COc1ccc2c(Nc3cccc(Br)c3)nc(C(F)(F)F)nc2c1. The predicted octanol–water partition coefficient (Wildman–Crippen LogP) is 5.16. The van der Waals surface area contributed by atoms with Gasteiger partial charge in [-0.1, -0.05) is 22.0 Å². The Morgan fingerprint density at radius 1 is 1.08 bits per heavy atom. The molecule has 0 bridgehead atoms. The van der Waals surface area contributed by atoms with Crippen LogP contribution in [0.2, 0.25) is 0 Å². The molecule has 124 valence electrons. The zero-order valence-corrected chi connectivity index (χ0v) is 13.9. The van der Waals surface area contributed by atoms with Gasteiger partial charge in [0.15, 0.2) is 0 Å². The third-order valence-corrected chi connectivity index (χ3v) is 3.74. The Kier molecular flexibility index (Phi) is 4.31. The maximum absolute atomic E-state index is 13.1. The summed E-state index contributed by atoms with van der Waals surface area (Å²) in [6.45, 7) is 0. The average molecular weight is 398 g/mol. The van der Waals surface area contributed by atoms with Crippen LogP contribution in [0.1, 0.15) is 5.82 Å². The molecule has 1 N–H and O–H groups in total. The van der Waals surface area contributed by atoms with Crippen molar-refractivity contribution in [3.8, 4) is 5.75 Å². The maximum atomic E-state index is 13.1. The summed E-state index contributed by atoms with van der Waals surface area (Å²) in [6, 6.07) is 11.8. The van der Waals surface area contributed by atoms with Crippen LogP contribution in [0.15, 0.2) is 46.9 Å². The summed E-state index contributed by atoms with van der Waals surface area (Å²) in [5.41, 5.74) is 0.752. The van der Waals surface area contributed by atoms with Crippen LogP contribution in [0.3, 0.4) is 0 Å². The number of nitrogens with zero attached hydrogens (tertiary/aromatic N) is 2. The molecule has 2 aromatic carbocycles. The summed E-state index contributed by atoms with van der Waals surface area (Å²) in [4.78, 5) is 7.26. The lowest BCUT2D eigenvalue weighted by molar-refractivity contribution is -0.144. The number of hydrogen-bond donors (Lipinski definition) is 1. The highest BCUT2D eigenvalue weighted by Crippen LogP contribution is 2.33. The van der Waals surface area contributed by atoms with E-state index in [0.717, 1.165) is 4.47 Å². The van der Waals surface area contributed by atoms with Gasteiger partial charge in [-0.05, 0) is 30.3 Å². The molecule has 0 saturated heterocycles. The van der Waals surface area contributed by atoms with Gasteiger partial charge in [0.25, 0.3) is 0 Å². The van der Waals surface area contributed by atoms with Crippen molar-refractivity contribution < 1.29 is 17.9 Å². The smallest absolute Gasteiger partial charge is 0.451 e. The van der Waals surface area contributed by atoms with Gasteiger partial charge in [-0.25, -0.2) is 9.97 Å². The number of alkyl halides is 3. The lowest BCUT2D eigenvalue weighted by atomic mass is 10.2. The van der Waals surface area contributed by atoms with Crippen molar-refractivity contribution in [3.05, 3.63) is 52.8 Å². The van der Waals surface area contributed by atoms with E-state index in [-0.39, 0.29) is 11.3 Å². The number of rotatable bonds is 3. The van der Waals surface area contributed by atoms with Crippen LogP contribution in [0, 0.1) is 0 Å². The summed E-state index contributed by atoms with van der Waals surface area (Å²) in [7, 11) is 1.44. The molecule has 0 fully saturated rings. The Morgan fingerprint density at radius 2 is 1.88 bits per heavy atom. The highest BCUT2D eigenvalue weighted by atomic mass is 79.9. The normalized spacial score (nSPS) is 11.5. The van der Waals surface area contributed by atoms with Gasteiger partial charge in [-0.2, -0.15) is 13.2 Å². The number of fused-ring (bicyclic) bond motifs is 1. The summed E-state index contributed by atoms with van der Waals surface area (Å²) in [6.07, 6.45) is -4.65. The monoisotopic (exact) mass is 397 g/mol. The molecular weight excluding hydrogens is 387 g/mol. The summed E-state index contributed by atoms with van der Waals surface area (Å²) < 4.78 is 45.1. The van der Waals surface area contributed by atoms with Gasteiger partial charge in [-0.3, -0.25) is 0 Å². The van der Waals surface area contributed by atoms with Crippen LogP contribution in [-0.4, -0.2) is 17.1 Å². The van der Waals surface area contributed by atoms with E-state index in [1.54, 1.807) is 30.3 Å². The second-order valence-electron chi connectivity index (χ2n) is 4.91. The van der Waals surface area contributed by atoms with E-state index in [1.165, 1.54) is 13.2 Å². The number of aromatic nitrogens is 2. The van der Waals surface area contributed by atoms with Crippen LogP contribution >= 0.6 is 15.9 Å². The second kappa shape index (κ2) is 6.27. The number of ether oxygens (including phenoxy) is 1. The molecule has 0 atom stereocenters. The molecule has 0 spiro atoms. The Balaban J connectivity index is 2.17. The van der Waals surface area contributed by atoms with Gasteiger partial charge >= 0.3 is 6.18 Å². The van der Waals surface area contributed by atoms with E-state index in [2.05, 4.69) is 31.2 Å². The molecule has 24 heavy (non-hydrogen) atoms. The van der Waals surface area contributed by atoms with E-state index < -0.39 is 12.0 Å². The highest BCUT2D eigenvalue weighted by molar-refractivity contribution is 9.10. The Hall–Kier alpha value is -2.35. The highest BCUT2D eigenvalue weighted by Gasteiger charge is 2.35. The van der Waals surface area contributed by atoms with Gasteiger partial charge in [0.05, 0.1) is 12.6 Å². The number of methoxy groups -OCH3 is 1. The minimum Gasteiger partial charge on any atom is -0.497 e. The molecule has 0 aliphatic heterocycles. The topological polar surface area (TPSA) is 47.0 Å². The molecule has 3 rings (SSSR count). The van der Waals surface area contributed by atoms with Gasteiger partial charge in [-0.15, -0.1) is 0 Å². The van der Waals surface area contributed by atoms with Gasteiger partial charge in [0, 0.05) is 21.6 Å². The second-order valence-corrected chi connectivity index (χ2v) is 5.83. The summed E-state index contributed by atoms with van der Waals surface area (Å²) in [5, 5.41) is 3.38. The molecule has 0 aliphatic carbocycles. The average Bonchev–Trinajstić information content (AvgIpc) is 2.53. The number of hydrogen-bond acceptors (Lipinski definition) is 4. The lowest BCUT2D eigenvalue weighted by Gasteiger charge is -2.13. The first-order valence-corrected chi connectivity index (χ1v) is 7.62. The van der Waals surface area contributed by atoms with Crippen LogP contribution in [0.4, 0.5) is 24.7 Å². The van der Waals surface area contributed by atoms with Crippen LogP contribution < -0.4 is 10.1 Å². The van der Waals surface area contributed by atoms with E-state index in [0.29, 0.717) is 16.8 Å². The fourth-order valence-electron chi connectivity index (χ4n) is 2.16. The molecule has 0 amide bonds. The molecule has 1 aromatic heterocycles. The molecule has 3 aromatic rings. The zero-order valence-electron chi connectivity index (χ0n) is 12.4. The fraction of sp³-hybridized carbons (Fsp3) is 0.125. The number of anilines is 2. The Labute approximate surface area is 143 Å². The number of nitrogens with one attached hydrogen (secondary N) is 1. The molecule has 0 saturated carbocycles. The third kappa shape index (κ3) is 3.43. The van der Waals surface area contributed by atoms with Crippen molar-refractivity contribution in [2.45, 2.75) is 6.18 Å². The lowest BCUT2D eigenvalue weighted by Crippen LogP contribution is -2.12. The molecule has 4 nitrogen and oxygen atoms in total. The van der Waals surface area contributed by atoms with E-state index >= 15 is 0 Å². The number of halogens is 4. The van der Waals surface area contributed by atoms with E-state index in [4.69, 9.17) is 4.74 Å². The standard InChI is InChI=1S/C16H11BrF3N3O/c1-24-11-5-6-12-13(8-11)22-15(16(18,19)20)23-14(12)21-10-4-2-3-9(17)7-10/h2-8H,1H3,(H,21,22,23). The largest absolute Gasteiger partial charge is 0.497 e. The molecule has 0 radical (unpaired) electrons. The van der Waals surface area contributed by atoms with Crippen LogP contribution in [0.5, 0.6) is 5.75 Å². The summed E-state index contributed by atoms with van der Waals surface area (Å²) in [5.74, 6) is -0.712. The minimum absolute atomic E-state index is 0.0769. The first-order chi connectivity index (χ1) is 11.4. The van der Waals surface area contributed by atoms with Crippen molar-refractivity contribution >= 4 is 38.3 Å². The zero-order chi connectivity index (χ0) is 17.3. The van der Waals surface area contributed by atoms with Crippen molar-refractivity contribution in [1.82, 2.24) is 9.97 Å². The first-order valence-electron chi connectivity index (χ1n) is 6.82. The molecule has 0 aliphatic rings. The Bertz CT molecular complexity index is 899. The molecule has 1 heterocycles. The van der Waals surface area contributed by atoms with Crippen molar-refractivity contribution in [1.29, 1.82) is 0 Å². The van der Waals surface area contributed by atoms with Crippen LogP contribution in [0.25, 0.3) is 10.9 Å². The van der Waals surface area contributed by atoms with Crippen LogP contribution in [-0.2, 0) is 6.18 Å². The van der Waals surface area contributed by atoms with Crippen molar-refractivity contribution in [2.24, 2.45) is 0 Å². The van der Waals surface area contributed by atoms with E-state index in [9.17, 15) is 13.2 Å². The quantitative estimate of drug-likeness (QED) is 0.662. The first kappa shape index (κ1) is 16.5. The van der Waals surface area contributed by atoms with E-state index in [1.807, 2.05) is 6.07 Å². The fourth-order valence-corrected chi connectivity index (χ4v) is 2.56.